The van der Waals surface area contributed by atoms with Gasteiger partial charge >= 0.3 is 0 Å². The third kappa shape index (κ3) is 2.86. The maximum absolute atomic E-state index is 4.63. The van der Waals surface area contributed by atoms with Gasteiger partial charge in [0.1, 0.15) is 0 Å². The zero-order chi connectivity index (χ0) is 25.4. The van der Waals surface area contributed by atoms with Crippen LogP contribution in [0.1, 0.15) is 25.0 Å². The molecule has 2 heteroatoms. The second kappa shape index (κ2) is 7.66. The fraction of sp³-hybridized carbons (Fsp3) is 0.0833. The Hall–Kier alpha value is -4.69. The summed E-state index contributed by atoms with van der Waals surface area (Å²) in [6.07, 6.45) is 1.88. The van der Waals surface area contributed by atoms with Gasteiger partial charge in [-0.2, -0.15) is 0 Å². The van der Waals surface area contributed by atoms with Crippen LogP contribution in [0.3, 0.4) is 0 Å². The monoisotopic (exact) mass is 486 g/mol. The molecular formula is C36H26N2. The first kappa shape index (κ1) is 21.4. The van der Waals surface area contributed by atoms with Crippen LogP contribution in [-0.2, 0) is 5.41 Å². The van der Waals surface area contributed by atoms with Gasteiger partial charge in [-0.3, -0.25) is 4.98 Å². The first-order valence-electron chi connectivity index (χ1n) is 13.2. The van der Waals surface area contributed by atoms with Crippen LogP contribution in [0.25, 0.3) is 60.6 Å². The Labute approximate surface area is 221 Å². The van der Waals surface area contributed by atoms with Gasteiger partial charge in [0.25, 0.3) is 0 Å². The predicted octanol–water partition coefficient (Wildman–Crippen LogP) is 9.31. The van der Waals surface area contributed by atoms with Gasteiger partial charge in [0, 0.05) is 33.5 Å². The first-order chi connectivity index (χ1) is 18.6. The fourth-order valence-electron chi connectivity index (χ4n) is 6.67. The van der Waals surface area contributed by atoms with Crippen LogP contribution < -0.4 is 0 Å². The van der Waals surface area contributed by atoms with Gasteiger partial charge in [-0.1, -0.05) is 80.6 Å². The normalized spacial score (nSPS) is 13.7. The lowest BCUT2D eigenvalue weighted by Crippen LogP contribution is -2.15. The van der Waals surface area contributed by atoms with E-state index in [0.717, 1.165) is 5.52 Å². The van der Waals surface area contributed by atoms with Crippen molar-refractivity contribution in [2.45, 2.75) is 19.3 Å². The van der Waals surface area contributed by atoms with E-state index >= 15 is 0 Å². The zero-order valence-corrected chi connectivity index (χ0v) is 21.4. The summed E-state index contributed by atoms with van der Waals surface area (Å²) in [5.74, 6) is 0. The van der Waals surface area contributed by atoms with E-state index < -0.39 is 0 Å². The maximum Gasteiger partial charge on any atom is 0.0705 e. The molecule has 2 nitrogen and oxygen atoms in total. The molecule has 38 heavy (non-hydrogen) atoms. The molecule has 180 valence electrons. The van der Waals surface area contributed by atoms with Gasteiger partial charge in [-0.25, -0.2) is 0 Å². The standard InChI is InChI=1S/C36H26N2/c1-36(2)31-22-24(14-16-26(31)28-17-18-32-29(35(28)36)12-8-20-37-32)23-15-19-34-30(21-23)27-11-6-7-13-33(27)38(34)25-9-4-3-5-10-25/h3-22H,1-2H3. The minimum atomic E-state index is -0.101. The lowest BCUT2D eigenvalue weighted by atomic mass is 9.80. The van der Waals surface area contributed by atoms with Crippen molar-refractivity contribution in [3.63, 3.8) is 0 Å². The Morgan fingerprint density at radius 3 is 2.18 bits per heavy atom. The van der Waals surface area contributed by atoms with Crippen molar-refractivity contribution < 1.29 is 0 Å². The van der Waals surface area contributed by atoms with Crippen LogP contribution in [-0.4, -0.2) is 9.55 Å². The average Bonchev–Trinajstić information content (AvgIpc) is 3.42. The molecule has 5 aromatic carbocycles. The second-order valence-electron chi connectivity index (χ2n) is 10.9. The molecule has 0 N–H and O–H groups in total. The number of benzene rings is 5. The molecule has 0 unspecified atom stereocenters. The molecule has 0 spiro atoms. The highest BCUT2D eigenvalue weighted by molar-refractivity contribution is 6.10. The van der Waals surface area contributed by atoms with Crippen molar-refractivity contribution in [1.82, 2.24) is 9.55 Å². The summed E-state index contributed by atoms with van der Waals surface area (Å²) >= 11 is 0. The van der Waals surface area contributed by atoms with Gasteiger partial charge < -0.3 is 4.57 Å². The van der Waals surface area contributed by atoms with Crippen molar-refractivity contribution in [2.24, 2.45) is 0 Å². The lowest BCUT2D eigenvalue weighted by molar-refractivity contribution is 0.666. The van der Waals surface area contributed by atoms with Crippen LogP contribution in [0.15, 0.2) is 121 Å². The van der Waals surface area contributed by atoms with Crippen molar-refractivity contribution >= 4 is 32.7 Å². The number of hydrogen-bond acceptors (Lipinski definition) is 1. The van der Waals surface area contributed by atoms with Gasteiger partial charge in [0.05, 0.1) is 16.6 Å². The molecule has 0 aliphatic heterocycles. The van der Waals surface area contributed by atoms with E-state index in [4.69, 9.17) is 0 Å². The molecular weight excluding hydrogens is 460 g/mol. The summed E-state index contributed by atoms with van der Waals surface area (Å²) in [5.41, 5.74) is 12.5. The predicted molar refractivity (Wildman–Crippen MR) is 159 cm³/mol. The smallest absolute Gasteiger partial charge is 0.0705 e. The summed E-state index contributed by atoms with van der Waals surface area (Å²) in [5, 5.41) is 3.81. The van der Waals surface area contributed by atoms with E-state index in [9.17, 15) is 0 Å². The van der Waals surface area contributed by atoms with E-state index in [1.807, 2.05) is 12.3 Å². The summed E-state index contributed by atoms with van der Waals surface area (Å²) < 4.78 is 2.37. The summed E-state index contributed by atoms with van der Waals surface area (Å²) in [6, 6.07) is 42.0. The number of nitrogens with zero attached hydrogens (tertiary/aromatic N) is 2. The van der Waals surface area contributed by atoms with Crippen LogP contribution >= 0.6 is 0 Å². The van der Waals surface area contributed by atoms with Crippen molar-refractivity contribution in [3.8, 4) is 27.9 Å². The molecule has 0 amide bonds. The Bertz CT molecular complexity index is 2040. The van der Waals surface area contributed by atoms with Gasteiger partial charge in [-0.05, 0) is 81.9 Å². The molecule has 2 heterocycles. The van der Waals surface area contributed by atoms with Crippen LogP contribution in [0, 0.1) is 0 Å². The third-order valence-electron chi connectivity index (χ3n) is 8.41. The maximum atomic E-state index is 4.63. The zero-order valence-electron chi connectivity index (χ0n) is 21.4. The summed E-state index contributed by atoms with van der Waals surface area (Å²) in [7, 11) is 0. The quantitative estimate of drug-likeness (QED) is 0.238. The van der Waals surface area contributed by atoms with Gasteiger partial charge in [0.15, 0.2) is 0 Å². The number of pyridine rings is 1. The lowest BCUT2D eigenvalue weighted by Gasteiger charge is -2.23. The molecule has 0 saturated carbocycles. The molecule has 8 rings (SSSR count). The topological polar surface area (TPSA) is 17.8 Å². The Morgan fingerprint density at radius 1 is 0.579 bits per heavy atom. The largest absolute Gasteiger partial charge is 0.309 e. The SMILES string of the molecule is CC1(C)c2cc(-c3ccc4c(c3)c3ccccc3n4-c3ccccc3)ccc2-c2ccc3ncccc3c21. The van der Waals surface area contributed by atoms with E-state index in [0.29, 0.717) is 0 Å². The highest BCUT2D eigenvalue weighted by atomic mass is 15.0. The van der Waals surface area contributed by atoms with Gasteiger partial charge in [-0.15, -0.1) is 0 Å². The fourth-order valence-corrected chi connectivity index (χ4v) is 6.67. The van der Waals surface area contributed by atoms with Crippen molar-refractivity contribution in [2.75, 3.05) is 0 Å². The number of aromatic nitrogens is 2. The number of fused-ring (bicyclic) bond motifs is 8. The number of hydrogen-bond donors (Lipinski definition) is 0. The minimum absolute atomic E-state index is 0.101. The molecule has 0 radical (unpaired) electrons. The molecule has 1 aliphatic carbocycles. The van der Waals surface area contributed by atoms with E-state index in [-0.39, 0.29) is 5.41 Å². The van der Waals surface area contributed by atoms with E-state index in [1.54, 1.807) is 0 Å². The van der Waals surface area contributed by atoms with E-state index in [2.05, 4.69) is 133 Å². The highest BCUT2D eigenvalue weighted by Gasteiger charge is 2.37. The Kier molecular flexibility index (Phi) is 4.31. The van der Waals surface area contributed by atoms with Crippen LogP contribution in [0.5, 0.6) is 0 Å². The van der Waals surface area contributed by atoms with Crippen molar-refractivity contribution in [1.29, 1.82) is 0 Å². The average molecular weight is 487 g/mol. The number of rotatable bonds is 2. The van der Waals surface area contributed by atoms with Gasteiger partial charge in [0.2, 0.25) is 0 Å². The number of para-hydroxylation sites is 2. The molecule has 2 aromatic heterocycles. The van der Waals surface area contributed by atoms with Crippen LogP contribution in [0.2, 0.25) is 0 Å². The van der Waals surface area contributed by atoms with Crippen molar-refractivity contribution in [3.05, 3.63) is 133 Å². The van der Waals surface area contributed by atoms with E-state index in [1.165, 1.54) is 66.3 Å². The molecule has 7 aromatic rings. The Balaban J connectivity index is 1.32. The highest BCUT2D eigenvalue weighted by Crippen LogP contribution is 2.52. The molecule has 0 atom stereocenters. The third-order valence-corrected chi connectivity index (χ3v) is 8.41. The molecule has 0 fully saturated rings. The second-order valence-corrected chi connectivity index (χ2v) is 10.9. The molecule has 0 saturated heterocycles. The molecule has 0 bridgehead atoms. The van der Waals surface area contributed by atoms with Crippen LogP contribution in [0.4, 0.5) is 0 Å². The minimum Gasteiger partial charge on any atom is -0.309 e. The summed E-state index contributed by atoms with van der Waals surface area (Å²) in [6.45, 7) is 4.70. The molecule has 1 aliphatic rings. The first-order valence-corrected chi connectivity index (χ1v) is 13.2. The Morgan fingerprint density at radius 2 is 1.29 bits per heavy atom. The summed E-state index contributed by atoms with van der Waals surface area (Å²) in [4.78, 5) is 4.63.